The van der Waals surface area contributed by atoms with Gasteiger partial charge in [0.1, 0.15) is 28.0 Å². The van der Waals surface area contributed by atoms with Gasteiger partial charge in [-0.05, 0) is 57.2 Å². The van der Waals surface area contributed by atoms with Crippen LogP contribution in [0.3, 0.4) is 0 Å². The summed E-state index contributed by atoms with van der Waals surface area (Å²) in [7, 11) is 0. The van der Waals surface area contributed by atoms with Gasteiger partial charge in [0.05, 0.1) is 24.0 Å². The lowest BCUT2D eigenvalue weighted by molar-refractivity contribution is 0.101. The van der Waals surface area contributed by atoms with Crippen LogP contribution in [0.4, 0.5) is 0 Å². The molecule has 8 nitrogen and oxygen atoms in total. The summed E-state index contributed by atoms with van der Waals surface area (Å²) in [6, 6.07) is 3.11. The van der Waals surface area contributed by atoms with Crippen molar-refractivity contribution in [3.05, 3.63) is 35.6 Å². The molecule has 1 saturated carbocycles. The van der Waals surface area contributed by atoms with Crippen LogP contribution in [0.2, 0.25) is 5.28 Å². The van der Waals surface area contributed by atoms with E-state index in [0.717, 1.165) is 53.2 Å². The fourth-order valence-electron chi connectivity index (χ4n) is 4.61. The van der Waals surface area contributed by atoms with E-state index in [-0.39, 0.29) is 5.28 Å². The lowest BCUT2D eigenvalue weighted by atomic mass is 10.1. The van der Waals surface area contributed by atoms with Crippen LogP contribution in [-0.4, -0.2) is 64.0 Å². The molecule has 4 aromatic rings. The molecule has 0 radical (unpaired) electrons. The number of aromatic nitrogens is 6. The summed E-state index contributed by atoms with van der Waals surface area (Å²) >= 11 is 6.34. The second kappa shape index (κ2) is 7.77. The molecule has 4 aromatic heterocycles. The molecule has 0 aromatic carbocycles. The van der Waals surface area contributed by atoms with E-state index in [2.05, 4.69) is 42.5 Å². The minimum Gasteiger partial charge on any atom is -0.378 e. The number of pyridine rings is 1. The number of likely N-dealkylation sites (tertiary alicyclic amines) is 1. The summed E-state index contributed by atoms with van der Waals surface area (Å²) in [4.78, 5) is 16.1. The number of halogens is 1. The van der Waals surface area contributed by atoms with Crippen LogP contribution in [0.1, 0.15) is 45.3 Å². The molecule has 5 heterocycles. The predicted octanol–water partition coefficient (Wildman–Crippen LogP) is 3.66. The zero-order valence-corrected chi connectivity index (χ0v) is 20.2. The molecule has 9 heteroatoms. The van der Waals surface area contributed by atoms with Gasteiger partial charge in [0.2, 0.25) is 5.28 Å². The highest BCUT2D eigenvalue weighted by atomic mass is 35.5. The Kier molecular flexibility index (Phi) is 4.92. The van der Waals surface area contributed by atoms with E-state index in [1.54, 1.807) is 13.8 Å². The van der Waals surface area contributed by atoms with E-state index >= 15 is 0 Å². The van der Waals surface area contributed by atoms with Crippen molar-refractivity contribution in [2.24, 2.45) is 0 Å². The Morgan fingerprint density at radius 3 is 2.68 bits per heavy atom. The molecule has 1 aliphatic carbocycles. The molecule has 2 fully saturated rings. The summed E-state index contributed by atoms with van der Waals surface area (Å²) in [5.41, 5.74) is 3.61. The summed E-state index contributed by atoms with van der Waals surface area (Å²) in [6.07, 6.45) is 8.54. The average Bonchev–Trinajstić information content (AvgIpc) is 3.39. The number of hydrogen-bond acceptors (Lipinski definition) is 6. The first-order valence-electron chi connectivity index (χ1n) is 11.7. The lowest BCUT2D eigenvalue weighted by Crippen LogP contribution is -2.48. The highest BCUT2D eigenvalue weighted by Crippen LogP contribution is 2.39. The maximum absolute atomic E-state index is 10.0. The summed E-state index contributed by atoms with van der Waals surface area (Å²) in [5, 5.41) is 15.9. The second-order valence-corrected chi connectivity index (χ2v) is 10.1. The van der Waals surface area contributed by atoms with Crippen molar-refractivity contribution in [2.45, 2.75) is 57.8 Å². The van der Waals surface area contributed by atoms with Crippen molar-refractivity contribution < 1.29 is 5.11 Å². The smallest absolute Gasteiger partial charge is 0.223 e. The molecule has 2 aliphatic rings. The number of hydrogen-bond donors (Lipinski definition) is 1. The Morgan fingerprint density at radius 2 is 1.97 bits per heavy atom. The Bertz CT molecular complexity index is 1480. The third-order valence-corrected chi connectivity index (χ3v) is 6.69. The van der Waals surface area contributed by atoms with Gasteiger partial charge in [-0.15, -0.1) is 0 Å². The quantitative estimate of drug-likeness (QED) is 0.358. The van der Waals surface area contributed by atoms with E-state index < -0.39 is 5.60 Å². The summed E-state index contributed by atoms with van der Waals surface area (Å²) < 4.78 is 4.15. The van der Waals surface area contributed by atoms with Crippen molar-refractivity contribution in [3.63, 3.8) is 0 Å². The molecule has 1 aliphatic heterocycles. The fourth-order valence-corrected chi connectivity index (χ4v) is 4.78. The van der Waals surface area contributed by atoms with Crippen molar-refractivity contribution >= 4 is 33.5 Å². The normalized spacial score (nSPS) is 17.2. The summed E-state index contributed by atoms with van der Waals surface area (Å²) in [5.74, 6) is 5.86. The number of nitrogens with zero attached hydrogens (tertiary/aromatic N) is 7. The minimum atomic E-state index is -1.09. The van der Waals surface area contributed by atoms with Gasteiger partial charge in [0.15, 0.2) is 0 Å². The molecule has 6 rings (SSSR count). The Hall–Kier alpha value is -2.99. The van der Waals surface area contributed by atoms with Crippen LogP contribution in [0.5, 0.6) is 0 Å². The summed E-state index contributed by atoms with van der Waals surface area (Å²) in [6.45, 7) is 8.17. The first-order chi connectivity index (χ1) is 16.3. The van der Waals surface area contributed by atoms with Gasteiger partial charge in [-0.3, -0.25) is 9.58 Å². The monoisotopic (exact) mass is 475 g/mol. The molecular formula is C25H26ClN7O. The average molecular weight is 476 g/mol. The standard InChI is InChI=1S/C25H26ClN7O/c1-4-32-14-20-23(30-32)22(29-24(26)28-20)19-13-33(17-11-31(12-17)16-5-6-16)21-10-27-15(9-18(19)21)7-8-25(2,3)34/h9-10,13-14,16-17,34H,4-6,11-12H2,1-3H3. The maximum Gasteiger partial charge on any atom is 0.223 e. The van der Waals surface area contributed by atoms with Crippen LogP contribution >= 0.6 is 11.6 Å². The first kappa shape index (κ1) is 21.5. The molecule has 0 amide bonds. The molecule has 1 N–H and O–H groups in total. The van der Waals surface area contributed by atoms with Crippen LogP contribution in [0.25, 0.3) is 33.2 Å². The largest absolute Gasteiger partial charge is 0.378 e. The molecular weight excluding hydrogens is 450 g/mol. The molecule has 1 saturated heterocycles. The zero-order chi connectivity index (χ0) is 23.6. The van der Waals surface area contributed by atoms with Crippen molar-refractivity contribution in [2.75, 3.05) is 13.1 Å². The Labute approximate surface area is 202 Å². The third kappa shape index (κ3) is 3.84. The molecule has 0 bridgehead atoms. The second-order valence-electron chi connectivity index (χ2n) is 9.74. The highest BCUT2D eigenvalue weighted by Gasteiger charge is 2.39. The minimum absolute atomic E-state index is 0.193. The van der Waals surface area contributed by atoms with E-state index in [1.165, 1.54) is 12.8 Å². The van der Waals surface area contributed by atoms with Crippen LogP contribution in [0, 0.1) is 11.8 Å². The van der Waals surface area contributed by atoms with Gasteiger partial charge >= 0.3 is 0 Å². The van der Waals surface area contributed by atoms with Crippen LogP contribution in [-0.2, 0) is 6.54 Å². The topological polar surface area (TPSA) is 84.9 Å². The van der Waals surface area contributed by atoms with Gasteiger partial charge in [0.25, 0.3) is 0 Å². The number of aryl methyl sites for hydroxylation is 1. The predicted molar refractivity (Wildman–Crippen MR) is 132 cm³/mol. The SMILES string of the molecule is CCn1cc2nc(Cl)nc(-c3cn(C4CN(C5CC5)C4)c4cnc(C#CC(C)(C)O)cc34)c2n1. The van der Waals surface area contributed by atoms with E-state index in [0.29, 0.717) is 17.4 Å². The maximum atomic E-state index is 10.0. The molecule has 174 valence electrons. The highest BCUT2D eigenvalue weighted by molar-refractivity contribution is 6.29. The number of rotatable bonds is 4. The van der Waals surface area contributed by atoms with Crippen LogP contribution < -0.4 is 0 Å². The lowest BCUT2D eigenvalue weighted by Gasteiger charge is -2.40. The first-order valence-corrected chi connectivity index (χ1v) is 12.1. The van der Waals surface area contributed by atoms with Gasteiger partial charge in [-0.1, -0.05) is 5.92 Å². The fraction of sp³-hybridized carbons (Fsp3) is 0.440. The van der Waals surface area contributed by atoms with Crippen molar-refractivity contribution in [1.82, 2.24) is 34.2 Å². The Balaban J connectivity index is 1.53. The molecule has 34 heavy (non-hydrogen) atoms. The van der Waals surface area contributed by atoms with Gasteiger partial charge < -0.3 is 9.67 Å². The van der Waals surface area contributed by atoms with Crippen molar-refractivity contribution in [1.29, 1.82) is 0 Å². The van der Waals surface area contributed by atoms with Crippen molar-refractivity contribution in [3.8, 4) is 23.1 Å². The third-order valence-electron chi connectivity index (χ3n) is 6.53. The van der Waals surface area contributed by atoms with Gasteiger partial charge in [-0.25, -0.2) is 15.0 Å². The zero-order valence-electron chi connectivity index (χ0n) is 19.5. The van der Waals surface area contributed by atoms with E-state index in [4.69, 9.17) is 16.7 Å². The van der Waals surface area contributed by atoms with E-state index in [9.17, 15) is 5.11 Å². The molecule has 0 atom stereocenters. The number of fused-ring (bicyclic) bond motifs is 2. The van der Waals surface area contributed by atoms with Gasteiger partial charge in [-0.2, -0.15) is 5.10 Å². The van der Waals surface area contributed by atoms with Crippen LogP contribution in [0.15, 0.2) is 24.7 Å². The Morgan fingerprint density at radius 1 is 1.18 bits per heavy atom. The molecule has 0 unspecified atom stereocenters. The van der Waals surface area contributed by atoms with E-state index in [1.807, 2.05) is 30.1 Å². The van der Waals surface area contributed by atoms with Gasteiger partial charge in [0, 0.05) is 42.8 Å². The number of aliphatic hydroxyl groups is 1. The molecule has 0 spiro atoms.